The lowest BCUT2D eigenvalue weighted by atomic mass is 9.76. The van der Waals surface area contributed by atoms with Crippen molar-refractivity contribution < 1.29 is 4.74 Å². The Morgan fingerprint density at radius 3 is 2.38 bits per heavy atom. The van der Waals surface area contributed by atoms with Crippen molar-refractivity contribution in [2.45, 2.75) is 64.3 Å². The van der Waals surface area contributed by atoms with Crippen LogP contribution in [0.4, 0.5) is 0 Å². The molecule has 1 unspecified atom stereocenters. The Kier molecular flexibility index (Phi) is 6.56. The molecule has 21 heavy (non-hydrogen) atoms. The number of ether oxygens (including phenoxy) is 1. The minimum Gasteiger partial charge on any atom is -0.497 e. The Labute approximate surface area is 130 Å². The number of hydrogen-bond donors (Lipinski definition) is 1. The molecule has 0 bridgehead atoms. The molecule has 1 aromatic carbocycles. The normalized spacial score (nSPS) is 23.8. The maximum Gasteiger partial charge on any atom is 0.118 e. The van der Waals surface area contributed by atoms with Gasteiger partial charge in [-0.2, -0.15) is 0 Å². The fraction of sp³-hybridized carbons (Fsp3) is 0.684. The SMILES string of the molecule is CCCCC1CCC(C(N)Cc2ccc(OC)cc2)CC1. The zero-order chi connectivity index (χ0) is 15.1. The van der Waals surface area contributed by atoms with Crippen molar-refractivity contribution in [3.8, 4) is 5.75 Å². The Morgan fingerprint density at radius 2 is 1.81 bits per heavy atom. The third-order valence-electron chi connectivity index (χ3n) is 5.09. The van der Waals surface area contributed by atoms with Crippen LogP contribution in [0.2, 0.25) is 0 Å². The summed E-state index contributed by atoms with van der Waals surface area (Å²) in [5.41, 5.74) is 7.80. The van der Waals surface area contributed by atoms with Crippen molar-refractivity contribution >= 4 is 0 Å². The second-order valence-electron chi connectivity index (χ2n) is 6.64. The van der Waals surface area contributed by atoms with Crippen molar-refractivity contribution in [2.24, 2.45) is 17.6 Å². The van der Waals surface area contributed by atoms with Crippen molar-refractivity contribution in [3.05, 3.63) is 29.8 Å². The van der Waals surface area contributed by atoms with E-state index in [0.717, 1.165) is 18.1 Å². The number of unbranched alkanes of at least 4 members (excludes halogenated alkanes) is 1. The number of rotatable bonds is 7. The van der Waals surface area contributed by atoms with Crippen LogP contribution in [0.5, 0.6) is 5.75 Å². The van der Waals surface area contributed by atoms with E-state index < -0.39 is 0 Å². The molecule has 1 fully saturated rings. The van der Waals surface area contributed by atoms with Crippen LogP contribution >= 0.6 is 0 Å². The van der Waals surface area contributed by atoms with Crippen LogP contribution in [-0.4, -0.2) is 13.2 Å². The predicted molar refractivity (Wildman–Crippen MR) is 89.6 cm³/mol. The molecule has 2 heteroatoms. The van der Waals surface area contributed by atoms with Gasteiger partial charge in [0.05, 0.1) is 7.11 Å². The van der Waals surface area contributed by atoms with E-state index in [0.29, 0.717) is 12.0 Å². The van der Waals surface area contributed by atoms with Gasteiger partial charge in [-0.1, -0.05) is 51.2 Å². The largest absolute Gasteiger partial charge is 0.497 e. The molecule has 1 atom stereocenters. The van der Waals surface area contributed by atoms with Crippen molar-refractivity contribution in [1.82, 2.24) is 0 Å². The molecule has 2 rings (SSSR count). The third kappa shape index (κ3) is 5.03. The highest BCUT2D eigenvalue weighted by Gasteiger charge is 2.25. The van der Waals surface area contributed by atoms with Gasteiger partial charge in [-0.05, 0) is 48.8 Å². The van der Waals surface area contributed by atoms with Crippen molar-refractivity contribution in [2.75, 3.05) is 7.11 Å². The van der Waals surface area contributed by atoms with E-state index in [1.165, 1.54) is 50.5 Å². The van der Waals surface area contributed by atoms with Crippen molar-refractivity contribution in [1.29, 1.82) is 0 Å². The lowest BCUT2D eigenvalue weighted by Crippen LogP contribution is -2.34. The van der Waals surface area contributed by atoms with Crippen LogP contribution in [0.3, 0.4) is 0 Å². The Morgan fingerprint density at radius 1 is 1.14 bits per heavy atom. The molecule has 0 saturated heterocycles. The second-order valence-corrected chi connectivity index (χ2v) is 6.64. The average Bonchev–Trinajstić information content (AvgIpc) is 2.54. The Balaban J connectivity index is 1.77. The van der Waals surface area contributed by atoms with E-state index in [-0.39, 0.29) is 0 Å². The van der Waals surface area contributed by atoms with Gasteiger partial charge in [0.1, 0.15) is 5.75 Å². The number of hydrogen-bond acceptors (Lipinski definition) is 2. The number of benzene rings is 1. The summed E-state index contributed by atoms with van der Waals surface area (Å²) < 4.78 is 5.20. The van der Waals surface area contributed by atoms with Gasteiger partial charge < -0.3 is 10.5 Å². The smallest absolute Gasteiger partial charge is 0.118 e. The average molecular weight is 289 g/mol. The molecule has 1 saturated carbocycles. The van der Waals surface area contributed by atoms with E-state index >= 15 is 0 Å². The molecular formula is C19H31NO. The van der Waals surface area contributed by atoms with Crippen LogP contribution in [0.1, 0.15) is 57.4 Å². The van der Waals surface area contributed by atoms with E-state index in [1.807, 2.05) is 12.1 Å². The first-order valence-electron chi connectivity index (χ1n) is 8.61. The molecule has 118 valence electrons. The molecule has 1 aromatic rings. The summed E-state index contributed by atoms with van der Waals surface area (Å²) in [5, 5.41) is 0. The summed E-state index contributed by atoms with van der Waals surface area (Å²) in [7, 11) is 1.71. The summed E-state index contributed by atoms with van der Waals surface area (Å²) in [6.07, 6.45) is 10.6. The topological polar surface area (TPSA) is 35.2 Å². The first kappa shape index (κ1) is 16.4. The van der Waals surface area contributed by atoms with Crippen LogP contribution in [-0.2, 0) is 6.42 Å². The molecule has 0 heterocycles. The summed E-state index contributed by atoms with van der Waals surface area (Å²) in [4.78, 5) is 0. The first-order valence-corrected chi connectivity index (χ1v) is 8.61. The lowest BCUT2D eigenvalue weighted by molar-refractivity contribution is 0.231. The van der Waals surface area contributed by atoms with Crippen LogP contribution in [0, 0.1) is 11.8 Å². The van der Waals surface area contributed by atoms with Crippen LogP contribution in [0.25, 0.3) is 0 Å². The Hall–Kier alpha value is -1.02. The number of nitrogens with two attached hydrogens (primary N) is 1. The van der Waals surface area contributed by atoms with Gasteiger partial charge in [-0.25, -0.2) is 0 Å². The molecule has 1 aliphatic carbocycles. The minimum atomic E-state index is 0.311. The van der Waals surface area contributed by atoms with Gasteiger partial charge in [-0.15, -0.1) is 0 Å². The summed E-state index contributed by atoms with van der Waals surface area (Å²) >= 11 is 0. The highest BCUT2D eigenvalue weighted by Crippen LogP contribution is 2.33. The van der Waals surface area contributed by atoms with Crippen molar-refractivity contribution in [3.63, 3.8) is 0 Å². The highest BCUT2D eigenvalue weighted by atomic mass is 16.5. The van der Waals surface area contributed by atoms with Gasteiger partial charge >= 0.3 is 0 Å². The number of methoxy groups -OCH3 is 1. The van der Waals surface area contributed by atoms with Gasteiger partial charge in [0.15, 0.2) is 0 Å². The van der Waals surface area contributed by atoms with Gasteiger partial charge in [-0.3, -0.25) is 0 Å². The fourth-order valence-electron chi connectivity index (χ4n) is 3.60. The van der Waals surface area contributed by atoms with Gasteiger partial charge in [0.2, 0.25) is 0 Å². The zero-order valence-electron chi connectivity index (χ0n) is 13.7. The van der Waals surface area contributed by atoms with E-state index in [9.17, 15) is 0 Å². The van der Waals surface area contributed by atoms with Gasteiger partial charge in [0.25, 0.3) is 0 Å². The van der Waals surface area contributed by atoms with E-state index in [4.69, 9.17) is 10.5 Å². The molecule has 2 N–H and O–H groups in total. The molecule has 2 nitrogen and oxygen atoms in total. The highest BCUT2D eigenvalue weighted by molar-refractivity contribution is 5.27. The standard InChI is InChI=1S/C19H31NO/c1-3-4-5-15-6-10-17(11-7-15)19(20)14-16-8-12-18(21-2)13-9-16/h8-9,12-13,15,17,19H,3-7,10-11,14,20H2,1-2H3. The molecule has 0 aromatic heterocycles. The van der Waals surface area contributed by atoms with E-state index in [1.54, 1.807) is 7.11 Å². The fourth-order valence-corrected chi connectivity index (χ4v) is 3.60. The summed E-state index contributed by atoms with van der Waals surface area (Å²) in [5.74, 6) is 2.60. The van der Waals surface area contributed by atoms with Crippen LogP contribution in [0.15, 0.2) is 24.3 Å². The second kappa shape index (κ2) is 8.43. The monoisotopic (exact) mass is 289 g/mol. The maximum atomic E-state index is 6.47. The minimum absolute atomic E-state index is 0.311. The Bertz CT molecular complexity index is 393. The maximum absolute atomic E-state index is 6.47. The summed E-state index contributed by atoms with van der Waals surface area (Å²) in [6, 6.07) is 8.66. The molecule has 0 aliphatic heterocycles. The lowest BCUT2D eigenvalue weighted by Gasteiger charge is -2.32. The predicted octanol–water partition coefficient (Wildman–Crippen LogP) is 4.56. The summed E-state index contributed by atoms with van der Waals surface area (Å²) in [6.45, 7) is 2.29. The quantitative estimate of drug-likeness (QED) is 0.798. The van der Waals surface area contributed by atoms with Crippen LogP contribution < -0.4 is 10.5 Å². The molecular weight excluding hydrogens is 258 g/mol. The molecule has 0 amide bonds. The first-order chi connectivity index (χ1) is 10.2. The van der Waals surface area contributed by atoms with E-state index in [2.05, 4.69) is 19.1 Å². The zero-order valence-corrected chi connectivity index (χ0v) is 13.7. The third-order valence-corrected chi connectivity index (χ3v) is 5.09. The molecule has 0 spiro atoms. The van der Waals surface area contributed by atoms with Gasteiger partial charge in [0, 0.05) is 6.04 Å². The molecule has 0 radical (unpaired) electrons. The molecule has 1 aliphatic rings.